The third kappa shape index (κ3) is 5.71. The van der Waals surface area contributed by atoms with E-state index in [1.165, 1.54) is 23.1 Å². The Morgan fingerprint density at radius 2 is 2.03 bits per heavy atom. The maximum atomic E-state index is 12.9. The minimum Gasteiger partial charge on any atom is -0.326 e. The number of allylic oxidation sites excluding steroid dienone is 1. The van der Waals surface area contributed by atoms with Crippen molar-refractivity contribution in [1.29, 1.82) is 0 Å². The number of halogens is 1. The van der Waals surface area contributed by atoms with Gasteiger partial charge in [0.25, 0.3) is 5.56 Å². The number of carbonyl (C=O) groups excluding carboxylic acids is 1. The standard InChI is InChI=1S/C24H21ClN4O2S2/c1-3-10-29-23(31)19-9-6-16(25)11-20(19)28-24(29)33-14-18-13-32-22(27-18)12-21(30)26-17-7-4-15(2)5-8-17/h3-9,11,13H,1,10,12,14H2,2H3,(H,26,30). The number of hydrogen-bond donors (Lipinski definition) is 1. The average molecular weight is 497 g/mol. The van der Waals surface area contributed by atoms with Crippen molar-refractivity contribution >= 4 is 57.2 Å². The van der Waals surface area contributed by atoms with Gasteiger partial charge in [0.05, 0.1) is 23.0 Å². The van der Waals surface area contributed by atoms with Crippen LogP contribution in [0.4, 0.5) is 5.69 Å². The van der Waals surface area contributed by atoms with E-state index in [0.29, 0.717) is 33.4 Å². The lowest BCUT2D eigenvalue weighted by atomic mass is 10.2. The minimum absolute atomic E-state index is 0.111. The van der Waals surface area contributed by atoms with Gasteiger partial charge in [0.15, 0.2) is 5.16 Å². The molecule has 2 heterocycles. The molecular weight excluding hydrogens is 476 g/mol. The molecule has 0 atom stereocenters. The van der Waals surface area contributed by atoms with Crippen LogP contribution in [-0.4, -0.2) is 20.4 Å². The van der Waals surface area contributed by atoms with Crippen molar-refractivity contribution in [2.45, 2.75) is 30.8 Å². The van der Waals surface area contributed by atoms with E-state index in [2.05, 4.69) is 21.9 Å². The van der Waals surface area contributed by atoms with Gasteiger partial charge in [0, 0.05) is 28.4 Å². The van der Waals surface area contributed by atoms with Crippen LogP contribution in [0.2, 0.25) is 5.02 Å². The first-order valence-electron chi connectivity index (χ1n) is 10.2. The third-order valence-corrected chi connectivity index (χ3v) is 6.93. The van der Waals surface area contributed by atoms with Gasteiger partial charge in [0.2, 0.25) is 5.91 Å². The number of nitrogens with one attached hydrogen (secondary N) is 1. The molecule has 1 N–H and O–H groups in total. The highest BCUT2D eigenvalue weighted by molar-refractivity contribution is 7.98. The van der Waals surface area contributed by atoms with Crippen molar-refractivity contribution in [3.05, 3.63) is 92.1 Å². The predicted molar refractivity (Wildman–Crippen MR) is 136 cm³/mol. The first-order valence-corrected chi connectivity index (χ1v) is 12.4. The second-order valence-corrected chi connectivity index (χ2v) is 9.69. The zero-order valence-corrected chi connectivity index (χ0v) is 20.3. The van der Waals surface area contributed by atoms with Crippen LogP contribution in [0.15, 0.2) is 70.5 Å². The topological polar surface area (TPSA) is 76.9 Å². The van der Waals surface area contributed by atoms with Crippen LogP contribution in [0.3, 0.4) is 0 Å². The number of amides is 1. The Bertz CT molecular complexity index is 1380. The molecule has 9 heteroatoms. The fourth-order valence-electron chi connectivity index (χ4n) is 3.19. The van der Waals surface area contributed by atoms with Crippen molar-refractivity contribution in [3.63, 3.8) is 0 Å². The molecule has 0 radical (unpaired) electrons. The summed E-state index contributed by atoms with van der Waals surface area (Å²) in [4.78, 5) is 34.5. The number of carbonyl (C=O) groups is 1. The van der Waals surface area contributed by atoms with Gasteiger partial charge in [-0.05, 0) is 37.3 Å². The number of anilines is 1. The molecule has 2 aromatic heterocycles. The third-order valence-electron chi connectivity index (χ3n) is 4.79. The normalized spacial score (nSPS) is 11.0. The van der Waals surface area contributed by atoms with Crippen molar-refractivity contribution < 1.29 is 4.79 Å². The molecule has 33 heavy (non-hydrogen) atoms. The quantitative estimate of drug-likeness (QED) is 0.199. The Kier molecular flexibility index (Phi) is 7.27. The lowest BCUT2D eigenvalue weighted by molar-refractivity contribution is -0.115. The van der Waals surface area contributed by atoms with Gasteiger partial charge in [-0.1, -0.05) is 47.1 Å². The first kappa shape index (κ1) is 23.2. The van der Waals surface area contributed by atoms with E-state index in [1.54, 1.807) is 28.8 Å². The molecule has 4 rings (SSSR count). The van der Waals surface area contributed by atoms with Gasteiger partial charge < -0.3 is 5.32 Å². The van der Waals surface area contributed by atoms with E-state index in [0.717, 1.165) is 22.0 Å². The highest BCUT2D eigenvalue weighted by atomic mass is 35.5. The molecule has 0 spiro atoms. The fourth-order valence-corrected chi connectivity index (χ4v) is 5.15. The SMILES string of the molecule is C=CCn1c(SCc2csc(CC(=O)Nc3ccc(C)cc3)n2)nc2cc(Cl)ccc2c1=O. The first-order chi connectivity index (χ1) is 15.9. The van der Waals surface area contributed by atoms with Crippen molar-refractivity contribution in [2.24, 2.45) is 0 Å². The molecule has 0 saturated heterocycles. The monoisotopic (exact) mass is 496 g/mol. The maximum absolute atomic E-state index is 12.9. The molecule has 0 bridgehead atoms. The second-order valence-electron chi connectivity index (χ2n) is 7.37. The van der Waals surface area contributed by atoms with E-state index in [-0.39, 0.29) is 17.9 Å². The molecule has 1 amide bonds. The van der Waals surface area contributed by atoms with Crippen molar-refractivity contribution in [1.82, 2.24) is 14.5 Å². The number of aryl methyl sites for hydroxylation is 1. The summed E-state index contributed by atoms with van der Waals surface area (Å²) in [6.45, 7) is 6.10. The molecule has 168 valence electrons. The number of nitrogens with zero attached hydrogens (tertiary/aromatic N) is 3. The molecule has 2 aromatic carbocycles. The summed E-state index contributed by atoms with van der Waals surface area (Å²) < 4.78 is 1.59. The molecule has 0 fully saturated rings. The summed E-state index contributed by atoms with van der Waals surface area (Å²) in [6, 6.07) is 12.7. The molecule has 0 unspecified atom stereocenters. The maximum Gasteiger partial charge on any atom is 0.262 e. The number of rotatable bonds is 8. The molecular formula is C24H21ClN4O2S2. The van der Waals surface area contributed by atoms with E-state index in [9.17, 15) is 9.59 Å². The summed E-state index contributed by atoms with van der Waals surface area (Å²) in [7, 11) is 0. The van der Waals surface area contributed by atoms with Gasteiger partial charge in [-0.25, -0.2) is 9.97 Å². The molecule has 0 aliphatic heterocycles. The Morgan fingerprint density at radius 1 is 1.24 bits per heavy atom. The van der Waals surface area contributed by atoms with Gasteiger partial charge in [-0.15, -0.1) is 17.9 Å². The predicted octanol–water partition coefficient (Wildman–Crippen LogP) is 5.47. The summed E-state index contributed by atoms with van der Waals surface area (Å²) in [6.07, 6.45) is 1.87. The van der Waals surface area contributed by atoms with E-state index < -0.39 is 0 Å². The van der Waals surface area contributed by atoms with Crippen molar-refractivity contribution in [2.75, 3.05) is 5.32 Å². The molecule has 0 aliphatic carbocycles. The van der Waals surface area contributed by atoms with Crippen LogP contribution in [0.5, 0.6) is 0 Å². The van der Waals surface area contributed by atoms with Crippen LogP contribution in [0, 0.1) is 6.92 Å². The lowest BCUT2D eigenvalue weighted by Crippen LogP contribution is -2.22. The van der Waals surface area contributed by atoms with E-state index in [4.69, 9.17) is 11.6 Å². The Hall–Kier alpha value is -2.94. The van der Waals surface area contributed by atoms with Gasteiger partial charge in [0.1, 0.15) is 5.01 Å². The smallest absolute Gasteiger partial charge is 0.262 e. The molecule has 0 aliphatic rings. The zero-order chi connectivity index (χ0) is 23.4. The highest BCUT2D eigenvalue weighted by Crippen LogP contribution is 2.24. The number of thioether (sulfide) groups is 1. The Morgan fingerprint density at radius 3 is 2.79 bits per heavy atom. The molecule has 4 aromatic rings. The average Bonchev–Trinajstić information content (AvgIpc) is 3.23. The molecule has 6 nitrogen and oxygen atoms in total. The van der Waals surface area contributed by atoms with Crippen LogP contribution in [0.25, 0.3) is 10.9 Å². The fraction of sp³-hybridized carbons (Fsp3) is 0.167. The summed E-state index contributed by atoms with van der Waals surface area (Å²) in [5, 5.41) is 7.16. The second kappa shape index (κ2) is 10.3. The van der Waals surface area contributed by atoms with E-state index in [1.807, 2.05) is 36.6 Å². The van der Waals surface area contributed by atoms with Crippen LogP contribution >= 0.6 is 34.7 Å². The summed E-state index contributed by atoms with van der Waals surface area (Å²) in [5.41, 5.74) is 3.15. The van der Waals surface area contributed by atoms with Crippen molar-refractivity contribution in [3.8, 4) is 0 Å². The number of aromatic nitrogens is 3. The van der Waals surface area contributed by atoms with Gasteiger partial charge in [-0.3, -0.25) is 14.2 Å². The Labute approximate surface area is 204 Å². The van der Waals surface area contributed by atoms with Gasteiger partial charge in [-0.2, -0.15) is 0 Å². The highest BCUT2D eigenvalue weighted by Gasteiger charge is 2.13. The van der Waals surface area contributed by atoms with Crippen LogP contribution in [-0.2, 0) is 23.5 Å². The largest absolute Gasteiger partial charge is 0.326 e. The Balaban J connectivity index is 1.46. The lowest BCUT2D eigenvalue weighted by Gasteiger charge is -2.11. The number of hydrogen-bond acceptors (Lipinski definition) is 6. The number of thiazole rings is 1. The summed E-state index contributed by atoms with van der Waals surface area (Å²) >= 11 is 8.94. The zero-order valence-electron chi connectivity index (χ0n) is 17.9. The van der Waals surface area contributed by atoms with Crippen LogP contribution < -0.4 is 10.9 Å². The number of fused-ring (bicyclic) bond motifs is 1. The minimum atomic E-state index is -0.134. The molecule has 0 saturated carbocycles. The summed E-state index contributed by atoms with van der Waals surface area (Å²) in [5.74, 6) is 0.409. The number of benzene rings is 2. The van der Waals surface area contributed by atoms with E-state index >= 15 is 0 Å². The van der Waals surface area contributed by atoms with Crippen LogP contribution in [0.1, 0.15) is 16.3 Å². The van der Waals surface area contributed by atoms with Gasteiger partial charge >= 0.3 is 0 Å².